The lowest BCUT2D eigenvalue weighted by Gasteiger charge is -2.21. The first-order chi connectivity index (χ1) is 12.1. The van der Waals surface area contributed by atoms with E-state index in [1.54, 1.807) is 6.07 Å². The van der Waals surface area contributed by atoms with Crippen LogP contribution < -0.4 is 0 Å². The Morgan fingerprint density at radius 3 is 2.58 bits per heavy atom. The number of halogens is 5. The van der Waals surface area contributed by atoms with Crippen molar-refractivity contribution in [3.8, 4) is 6.07 Å². The van der Waals surface area contributed by atoms with E-state index in [0.717, 1.165) is 9.58 Å². The summed E-state index contributed by atoms with van der Waals surface area (Å²) < 4.78 is 68.1. The van der Waals surface area contributed by atoms with Crippen molar-refractivity contribution in [1.29, 1.82) is 5.26 Å². The molecule has 0 bridgehead atoms. The van der Waals surface area contributed by atoms with Crippen molar-refractivity contribution >= 4 is 5.91 Å². The number of alkyl halides is 5. The summed E-state index contributed by atoms with van der Waals surface area (Å²) in [7, 11) is 0. The van der Waals surface area contributed by atoms with Gasteiger partial charge in [-0.05, 0) is 19.3 Å². The summed E-state index contributed by atoms with van der Waals surface area (Å²) >= 11 is 0. The Morgan fingerprint density at radius 2 is 2.00 bits per heavy atom. The van der Waals surface area contributed by atoms with Crippen LogP contribution in [0.2, 0.25) is 0 Å². The fraction of sp³-hybridized carbons (Fsp3) is 0.688. The molecule has 3 rings (SSSR count). The standard InChI is InChI=1S/C16H17F5N4O/c17-15(18)5-8-24(7-4-10(15)3-6-22)14(26)12-9-13(16(19,20)21)23-25(12)11-1-2-11/h9-11H,1-5,7-8H2. The number of nitrogens with zero attached hydrogens (tertiary/aromatic N) is 4. The van der Waals surface area contributed by atoms with E-state index in [0.29, 0.717) is 18.9 Å². The monoisotopic (exact) mass is 376 g/mol. The molecule has 1 saturated heterocycles. The average molecular weight is 376 g/mol. The zero-order valence-corrected chi connectivity index (χ0v) is 13.8. The van der Waals surface area contributed by atoms with Gasteiger partial charge in [0.25, 0.3) is 11.8 Å². The van der Waals surface area contributed by atoms with Gasteiger partial charge in [-0.3, -0.25) is 9.48 Å². The van der Waals surface area contributed by atoms with Crippen LogP contribution in [0.1, 0.15) is 54.3 Å². The summed E-state index contributed by atoms with van der Waals surface area (Å²) in [5.41, 5.74) is -1.38. The van der Waals surface area contributed by atoms with Crippen LogP contribution in [-0.2, 0) is 6.18 Å². The molecule has 1 atom stereocenters. The lowest BCUT2D eigenvalue weighted by molar-refractivity contribution is -0.141. The lowest BCUT2D eigenvalue weighted by Crippen LogP contribution is -2.34. The minimum Gasteiger partial charge on any atom is -0.337 e. The van der Waals surface area contributed by atoms with Crippen molar-refractivity contribution in [2.24, 2.45) is 5.92 Å². The van der Waals surface area contributed by atoms with Crippen molar-refractivity contribution in [3.05, 3.63) is 17.5 Å². The molecular formula is C16H17F5N4O. The summed E-state index contributed by atoms with van der Waals surface area (Å²) in [5.74, 6) is -4.98. The molecule has 1 aromatic rings. The van der Waals surface area contributed by atoms with Crippen LogP contribution in [0.3, 0.4) is 0 Å². The molecule has 1 saturated carbocycles. The number of rotatable bonds is 3. The molecule has 1 aliphatic heterocycles. The molecule has 5 nitrogen and oxygen atoms in total. The van der Waals surface area contributed by atoms with Gasteiger partial charge in [0.1, 0.15) is 5.69 Å². The van der Waals surface area contributed by atoms with E-state index in [2.05, 4.69) is 5.10 Å². The van der Waals surface area contributed by atoms with Crippen molar-refractivity contribution < 1.29 is 26.7 Å². The number of hydrogen-bond acceptors (Lipinski definition) is 3. The zero-order valence-electron chi connectivity index (χ0n) is 13.8. The highest BCUT2D eigenvalue weighted by molar-refractivity contribution is 5.93. The van der Waals surface area contributed by atoms with Crippen LogP contribution in [0, 0.1) is 17.2 Å². The molecule has 2 heterocycles. The SMILES string of the molecule is N#CCC1CCN(C(=O)c2cc(C(F)(F)F)nn2C2CC2)CCC1(F)F. The first kappa shape index (κ1) is 18.6. The van der Waals surface area contributed by atoms with Gasteiger partial charge in [0.05, 0.1) is 12.1 Å². The molecule has 142 valence electrons. The van der Waals surface area contributed by atoms with Crippen LogP contribution in [0.25, 0.3) is 0 Å². The lowest BCUT2D eigenvalue weighted by atomic mass is 9.94. The normalized spacial score (nSPS) is 23.4. The Labute approximate surface area is 146 Å². The van der Waals surface area contributed by atoms with Gasteiger partial charge < -0.3 is 4.90 Å². The maximum absolute atomic E-state index is 14.1. The molecule has 1 unspecified atom stereocenters. The van der Waals surface area contributed by atoms with E-state index < -0.39 is 36.0 Å². The van der Waals surface area contributed by atoms with E-state index in [9.17, 15) is 26.7 Å². The number of amides is 1. The van der Waals surface area contributed by atoms with E-state index in [1.807, 2.05) is 0 Å². The summed E-state index contributed by atoms with van der Waals surface area (Å²) in [6.45, 7) is -0.303. The maximum Gasteiger partial charge on any atom is 0.435 e. The van der Waals surface area contributed by atoms with E-state index in [1.165, 1.54) is 0 Å². The minimum absolute atomic E-state index is 0.0298. The molecule has 1 amide bonds. The van der Waals surface area contributed by atoms with Crippen molar-refractivity contribution in [1.82, 2.24) is 14.7 Å². The van der Waals surface area contributed by atoms with Gasteiger partial charge in [0.15, 0.2) is 5.69 Å². The van der Waals surface area contributed by atoms with Crippen LogP contribution >= 0.6 is 0 Å². The van der Waals surface area contributed by atoms with Crippen LogP contribution in [0.4, 0.5) is 22.0 Å². The number of nitriles is 1. The molecule has 0 aromatic carbocycles. The van der Waals surface area contributed by atoms with Crippen molar-refractivity contribution in [2.75, 3.05) is 13.1 Å². The number of carbonyl (C=O) groups is 1. The Bertz CT molecular complexity index is 732. The summed E-state index contributed by atoms with van der Waals surface area (Å²) in [5, 5.41) is 12.2. The zero-order chi connectivity index (χ0) is 19.1. The average Bonchev–Trinajstić information content (AvgIpc) is 3.31. The predicted octanol–water partition coefficient (Wildman–Crippen LogP) is 3.64. The van der Waals surface area contributed by atoms with Crippen LogP contribution in [-0.4, -0.2) is 39.6 Å². The Kier molecular flexibility index (Phi) is 4.67. The maximum atomic E-state index is 14.1. The topological polar surface area (TPSA) is 61.9 Å². The fourth-order valence-corrected chi connectivity index (χ4v) is 3.14. The second-order valence-electron chi connectivity index (χ2n) is 6.74. The molecule has 26 heavy (non-hydrogen) atoms. The largest absolute Gasteiger partial charge is 0.435 e. The Hall–Kier alpha value is -2.18. The summed E-state index contributed by atoms with van der Waals surface area (Å²) in [4.78, 5) is 13.8. The number of carbonyl (C=O) groups excluding carboxylic acids is 1. The van der Waals surface area contributed by atoms with E-state index in [-0.39, 0.29) is 37.7 Å². The second-order valence-corrected chi connectivity index (χ2v) is 6.74. The molecule has 0 radical (unpaired) electrons. The molecule has 1 aliphatic carbocycles. The molecule has 1 aromatic heterocycles. The minimum atomic E-state index is -4.68. The highest BCUT2D eigenvalue weighted by Crippen LogP contribution is 2.39. The molecule has 0 spiro atoms. The van der Waals surface area contributed by atoms with Gasteiger partial charge in [0, 0.05) is 37.9 Å². The van der Waals surface area contributed by atoms with Gasteiger partial charge in [-0.1, -0.05) is 0 Å². The van der Waals surface area contributed by atoms with Gasteiger partial charge in [0.2, 0.25) is 0 Å². The Balaban J connectivity index is 1.83. The molecule has 0 N–H and O–H groups in total. The van der Waals surface area contributed by atoms with E-state index >= 15 is 0 Å². The predicted molar refractivity (Wildman–Crippen MR) is 79.3 cm³/mol. The quantitative estimate of drug-likeness (QED) is 0.757. The van der Waals surface area contributed by atoms with Gasteiger partial charge in [-0.2, -0.15) is 23.5 Å². The fourth-order valence-electron chi connectivity index (χ4n) is 3.14. The Morgan fingerprint density at radius 1 is 1.31 bits per heavy atom. The summed E-state index contributed by atoms with van der Waals surface area (Å²) in [6.07, 6.45) is -4.44. The van der Waals surface area contributed by atoms with E-state index in [4.69, 9.17) is 5.26 Å². The van der Waals surface area contributed by atoms with Crippen LogP contribution in [0.5, 0.6) is 0 Å². The first-order valence-electron chi connectivity index (χ1n) is 8.34. The van der Waals surface area contributed by atoms with Crippen molar-refractivity contribution in [3.63, 3.8) is 0 Å². The van der Waals surface area contributed by atoms with Crippen molar-refractivity contribution in [2.45, 2.75) is 50.2 Å². The number of hydrogen-bond donors (Lipinski definition) is 0. The third-order valence-corrected chi connectivity index (χ3v) is 4.82. The highest BCUT2D eigenvalue weighted by atomic mass is 19.4. The number of aromatic nitrogens is 2. The highest BCUT2D eigenvalue weighted by Gasteiger charge is 2.44. The molecular weight excluding hydrogens is 359 g/mol. The van der Waals surface area contributed by atoms with Gasteiger partial charge in [-0.25, -0.2) is 8.78 Å². The third kappa shape index (κ3) is 3.66. The number of likely N-dealkylation sites (tertiary alicyclic amines) is 1. The van der Waals surface area contributed by atoms with Gasteiger partial charge >= 0.3 is 6.18 Å². The first-order valence-corrected chi connectivity index (χ1v) is 8.34. The smallest absolute Gasteiger partial charge is 0.337 e. The second kappa shape index (κ2) is 6.52. The molecule has 2 fully saturated rings. The molecule has 2 aliphatic rings. The van der Waals surface area contributed by atoms with Crippen LogP contribution in [0.15, 0.2) is 6.07 Å². The summed E-state index contributed by atoms with van der Waals surface area (Å²) in [6, 6.07) is 2.16. The van der Waals surface area contributed by atoms with Gasteiger partial charge in [-0.15, -0.1) is 0 Å². The third-order valence-electron chi connectivity index (χ3n) is 4.82. The molecule has 10 heteroatoms.